The topological polar surface area (TPSA) is 60.8 Å². The summed E-state index contributed by atoms with van der Waals surface area (Å²) in [7, 11) is 0. The molecule has 0 radical (unpaired) electrons. The Labute approximate surface area is 142 Å². The molecule has 3 heterocycles. The Morgan fingerprint density at radius 1 is 1.00 bits per heavy atom. The number of ether oxygens (including phenoxy) is 2. The lowest BCUT2D eigenvalue weighted by molar-refractivity contribution is -0.141. The van der Waals surface area contributed by atoms with Gasteiger partial charge < -0.3 is 18.9 Å². The summed E-state index contributed by atoms with van der Waals surface area (Å²) in [5, 5.41) is 0. The first-order chi connectivity index (χ1) is 11.7. The van der Waals surface area contributed by atoms with E-state index in [4.69, 9.17) is 9.47 Å². The molecule has 3 rings (SSSR count). The molecule has 1 aromatic rings. The van der Waals surface area contributed by atoms with Crippen LogP contribution in [0.2, 0.25) is 0 Å². The van der Waals surface area contributed by atoms with Gasteiger partial charge in [0.2, 0.25) is 0 Å². The van der Waals surface area contributed by atoms with Gasteiger partial charge in [0.05, 0.1) is 18.9 Å². The van der Waals surface area contributed by atoms with Crippen molar-refractivity contribution in [3.05, 3.63) is 17.0 Å². The van der Waals surface area contributed by atoms with Gasteiger partial charge in [0.25, 0.3) is 0 Å². The fourth-order valence-electron chi connectivity index (χ4n) is 3.89. The number of hydrogen-bond donors (Lipinski definition) is 0. The molecule has 0 aromatic carbocycles. The van der Waals surface area contributed by atoms with E-state index in [9.17, 15) is 9.59 Å². The Hall–Kier alpha value is -1.98. The van der Waals surface area contributed by atoms with Gasteiger partial charge in [0, 0.05) is 18.8 Å². The Bertz CT molecular complexity index is 635. The monoisotopic (exact) mass is 334 g/mol. The fraction of sp³-hybridized carbons (Fsp3) is 0.667. The number of rotatable bonds is 5. The molecule has 0 saturated heterocycles. The molecule has 0 unspecified atom stereocenters. The first-order valence-electron chi connectivity index (χ1n) is 8.99. The maximum Gasteiger partial charge on any atom is 0.357 e. The van der Waals surface area contributed by atoms with Gasteiger partial charge in [0.15, 0.2) is 5.69 Å². The Balaban J connectivity index is 2.03. The zero-order valence-corrected chi connectivity index (χ0v) is 14.6. The van der Waals surface area contributed by atoms with Gasteiger partial charge in [0.1, 0.15) is 6.54 Å². The first kappa shape index (κ1) is 16.9. The number of carbonyl (C=O) groups excluding carboxylic acids is 2. The Kier molecular flexibility index (Phi) is 5.11. The molecule has 132 valence electrons. The summed E-state index contributed by atoms with van der Waals surface area (Å²) >= 11 is 0. The number of aromatic nitrogens is 1. The average Bonchev–Trinajstić information content (AvgIpc) is 2.91. The second-order valence-electron chi connectivity index (χ2n) is 6.28. The summed E-state index contributed by atoms with van der Waals surface area (Å²) in [4.78, 5) is 26.6. The predicted octanol–water partition coefficient (Wildman–Crippen LogP) is 2.32. The molecule has 6 heteroatoms. The zero-order valence-electron chi connectivity index (χ0n) is 14.6. The smallest absolute Gasteiger partial charge is 0.357 e. The summed E-state index contributed by atoms with van der Waals surface area (Å²) in [6.07, 6.45) is 5.17. The third-order valence-electron chi connectivity index (χ3n) is 4.76. The number of esters is 2. The van der Waals surface area contributed by atoms with Crippen LogP contribution in [0.3, 0.4) is 0 Å². The molecule has 24 heavy (non-hydrogen) atoms. The molecule has 0 fully saturated rings. The summed E-state index contributed by atoms with van der Waals surface area (Å²) < 4.78 is 12.6. The van der Waals surface area contributed by atoms with Crippen LogP contribution in [-0.4, -0.2) is 42.8 Å². The van der Waals surface area contributed by atoms with Gasteiger partial charge in [-0.3, -0.25) is 4.79 Å². The SMILES string of the molecule is CCOC(=O)CN1CCCc2c1c(C(=O)OCC)n1c2CCCC1. The molecule has 2 aliphatic rings. The van der Waals surface area contributed by atoms with E-state index in [2.05, 4.69) is 4.57 Å². The van der Waals surface area contributed by atoms with Gasteiger partial charge in [-0.05, 0) is 51.5 Å². The van der Waals surface area contributed by atoms with Crippen LogP contribution in [0, 0.1) is 0 Å². The van der Waals surface area contributed by atoms with E-state index in [1.54, 1.807) is 6.92 Å². The lowest BCUT2D eigenvalue weighted by Crippen LogP contribution is -2.36. The molecule has 0 saturated carbocycles. The Morgan fingerprint density at radius 3 is 2.54 bits per heavy atom. The maximum atomic E-state index is 12.6. The molecule has 1 aromatic heterocycles. The van der Waals surface area contributed by atoms with Crippen LogP contribution in [0.15, 0.2) is 0 Å². The van der Waals surface area contributed by atoms with Crippen LogP contribution in [-0.2, 0) is 33.7 Å². The molecule has 0 aliphatic carbocycles. The van der Waals surface area contributed by atoms with Crippen molar-refractivity contribution in [2.24, 2.45) is 0 Å². The Morgan fingerprint density at radius 2 is 1.79 bits per heavy atom. The number of fused-ring (bicyclic) bond motifs is 3. The highest BCUT2D eigenvalue weighted by Gasteiger charge is 2.34. The highest BCUT2D eigenvalue weighted by Crippen LogP contribution is 2.39. The van der Waals surface area contributed by atoms with Crippen molar-refractivity contribution in [2.75, 3.05) is 31.2 Å². The molecule has 0 N–H and O–H groups in total. The molecule has 6 nitrogen and oxygen atoms in total. The molecule has 0 bridgehead atoms. The van der Waals surface area contributed by atoms with E-state index < -0.39 is 0 Å². The van der Waals surface area contributed by atoms with Gasteiger partial charge in [-0.1, -0.05) is 0 Å². The molecular formula is C18H26N2O4. The average molecular weight is 334 g/mol. The van der Waals surface area contributed by atoms with E-state index >= 15 is 0 Å². The van der Waals surface area contributed by atoms with Crippen molar-refractivity contribution in [2.45, 2.75) is 52.5 Å². The molecule has 0 spiro atoms. The molecular weight excluding hydrogens is 308 g/mol. The molecule has 0 amide bonds. The maximum absolute atomic E-state index is 12.6. The summed E-state index contributed by atoms with van der Waals surface area (Å²) in [6, 6.07) is 0. The van der Waals surface area contributed by atoms with Gasteiger partial charge in [-0.2, -0.15) is 0 Å². The van der Waals surface area contributed by atoms with Gasteiger partial charge in [-0.25, -0.2) is 4.79 Å². The van der Waals surface area contributed by atoms with Crippen molar-refractivity contribution in [1.82, 2.24) is 4.57 Å². The predicted molar refractivity (Wildman–Crippen MR) is 90.5 cm³/mol. The fourth-order valence-corrected chi connectivity index (χ4v) is 3.89. The minimum Gasteiger partial charge on any atom is -0.465 e. The van der Waals surface area contributed by atoms with Gasteiger partial charge in [-0.15, -0.1) is 0 Å². The van der Waals surface area contributed by atoms with E-state index in [0.717, 1.165) is 50.9 Å². The van der Waals surface area contributed by atoms with E-state index in [0.29, 0.717) is 18.9 Å². The van der Waals surface area contributed by atoms with Crippen LogP contribution < -0.4 is 4.90 Å². The van der Waals surface area contributed by atoms with E-state index in [1.165, 1.54) is 11.3 Å². The van der Waals surface area contributed by atoms with Crippen molar-refractivity contribution in [3.8, 4) is 0 Å². The number of nitrogens with zero attached hydrogens (tertiary/aromatic N) is 2. The molecule has 2 aliphatic heterocycles. The highest BCUT2D eigenvalue weighted by atomic mass is 16.5. The summed E-state index contributed by atoms with van der Waals surface area (Å²) in [5.74, 6) is -0.526. The van der Waals surface area contributed by atoms with Crippen LogP contribution in [0.5, 0.6) is 0 Å². The van der Waals surface area contributed by atoms with Crippen LogP contribution in [0.25, 0.3) is 0 Å². The largest absolute Gasteiger partial charge is 0.465 e. The zero-order chi connectivity index (χ0) is 17.1. The van der Waals surface area contributed by atoms with Crippen molar-refractivity contribution >= 4 is 17.6 Å². The quantitative estimate of drug-likeness (QED) is 0.774. The van der Waals surface area contributed by atoms with E-state index in [-0.39, 0.29) is 18.5 Å². The molecule has 0 atom stereocenters. The highest BCUT2D eigenvalue weighted by molar-refractivity contribution is 5.97. The number of anilines is 1. The summed E-state index contributed by atoms with van der Waals surface area (Å²) in [6.45, 7) is 6.16. The number of carbonyl (C=O) groups is 2. The van der Waals surface area contributed by atoms with Crippen molar-refractivity contribution in [1.29, 1.82) is 0 Å². The van der Waals surface area contributed by atoms with Crippen LogP contribution >= 0.6 is 0 Å². The lowest BCUT2D eigenvalue weighted by atomic mass is 9.99. The normalized spacial score (nSPS) is 16.3. The summed E-state index contributed by atoms with van der Waals surface area (Å²) in [5.41, 5.74) is 4.02. The lowest BCUT2D eigenvalue weighted by Gasteiger charge is -2.29. The minimum atomic E-state index is -0.280. The standard InChI is InChI=1S/C18H26N2O4/c1-3-23-15(21)12-19-10-7-8-13-14-9-5-6-11-20(14)17(16(13)19)18(22)24-4-2/h3-12H2,1-2H3. The number of hydrogen-bond acceptors (Lipinski definition) is 5. The second-order valence-corrected chi connectivity index (χ2v) is 6.28. The van der Waals surface area contributed by atoms with Crippen molar-refractivity contribution < 1.29 is 19.1 Å². The second kappa shape index (κ2) is 7.28. The third kappa shape index (κ3) is 3.01. The third-order valence-corrected chi connectivity index (χ3v) is 4.76. The van der Waals surface area contributed by atoms with Crippen LogP contribution in [0.4, 0.5) is 5.69 Å². The van der Waals surface area contributed by atoms with E-state index in [1.807, 2.05) is 11.8 Å². The van der Waals surface area contributed by atoms with Crippen molar-refractivity contribution in [3.63, 3.8) is 0 Å². The first-order valence-corrected chi connectivity index (χ1v) is 8.99. The minimum absolute atomic E-state index is 0.191. The van der Waals surface area contributed by atoms with Gasteiger partial charge >= 0.3 is 11.9 Å². The van der Waals surface area contributed by atoms with Crippen LogP contribution in [0.1, 0.15) is 54.9 Å².